The highest BCUT2D eigenvalue weighted by Gasteiger charge is 2.27. The quantitative estimate of drug-likeness (QED) is 0.772. The molecular formula is C16H24BrN3O3S. The van der Waals surface area contributed by atoms with Gasteiger partial charge in [0, 0.05) is 23.6 Å². The largest absolute Gasteiger partial charge is 0.335 e. The van der Waals surface area contributed by atoms with Crippen LogP contribution in [0.5, 0.6) is 0 Å². The summed E-state index contributed by atoms with van der Waals surface area (Å²) in [6.45, 7) is 4.49. The van der Waals surface area contributed by atoms with Gasteiger partial charge in [-0.1, -0.05) is 34.1 Å². The predicted molar refractivity (Wildman–Crippen MR) is 98.3 cm³/mol. The summed E-state index contributed by atoms with van der Waals surface area (Å²) in [6.07, 6.45) is 1.27. The third-order valence-corrected chi connectivity index (χ3v) is 6.87. The van der Waals surface area contributed by atoms with E-state index in [2.05, 4.69) is 26.6 Å². The van der Waals surface area contributed by atoms with Gasteiger partial charge in [-0.25, -0.2) is 17.5 Å². The Kier molecular flexibility index (Phi) is 6.65. The highest BCUT2D eigenvalue weighted by molar-refractivity contribution is 9.10. The van der Waals surface area contributed by atoms with Crippen LogP contribution in [0.4, 0.5) is 4.79 Å². The lowest BCUT2D eigenvalue weighted by Gasteiger charge is -2.31. The summed E-state index contributed by atoms with van der Waals surface area (Å²) in [6, 6.07) is 7.41. The molecule has 1 aliphatic rings. The number of carbonyl (C=O) groups is 1. The summed E-state index contributed by atoms with van der Waals surface area (Å²) >= 11 is 3.48. The number of rotatable bonds is 5. The zero-order valence-electron chi connectivity index (χ0n) is 14.0. The summed E-state index contributed by atoms with van der Waals surface area (Å²) < 4.78 is 26.1. The van der Waals surface area contributed by atoms with Gasteiger partial charge in [-0.15, -0.1) is 0 Å². The number of benzene rings is 1. The molecule has 24 heavy (non-hydrogen) atoms. The molecule has 2 rings (SSSR count). The van der Waals surface area contributed by atoms with Crippen LogP contribution in [0.3, 0.4) is 0 Å². The van der Waals surface area contributed by atoms with E-state index in [9.17, 15) is 13.2 Å². The van der Waals surface area contributed by atoms with Crippen LogP contribution in [0.2, 0.25) is 0 Å². The molecule has 1 fully saturated rings. The van der Waals surface area contributed by atoms with Gasteiger partial charge in [-0.05, 0) is 38.3 Å². The predicted octanol–water partition coefficient (Wildman–Crippen LogP) is 2.62. The molecule has 2 N–H and O–H groups in total. The van der Waals surface area contributed by atoms with Crippen molar-refractivity contribution in [3.8, 4) is 0 Å². The molecule has 134 valence electrons. The van der Waals surface area contributed by atoms with E-state index in [4.69, 9.17) is 0 Å². The first-order chi connectivity index (χ1) is 11.3. The highest BCUT2D eigenvalue weighted by Crippen LogP contribution is 2.22. The van der Waals surface area contributed by atoms with Crippen molar-refractivity contribution < 1.29 is 13.2 Å². The van der Waals surface area contributed by atoms with Crippen molar-refractivity contribution in [3.05, 3.63) is 34.3 Å². The Bertz CT molecular complexity index is 673. The second-order valence-corrected chi connectivity index (χ2v) is 9.05. The minimum atomic E-state index is -3.13. The number of piperidine rings is 1. The maximum Gasteiger partial charge on any atom is 0.315 e. The van der Waals surface area contributed by atoms with Gasteiger partial charge in [0.1, 0.15) is 0 Å². The number of carbonyl (C=O) groups excluding carboxylic acids is 1. The number of sulfonamides is 1. The fraction of sp³-hybridized carbons (Fsp3) is 0.562. The number of nitrogens with one attached hydrogen (secondary N) is 2. The van der Waals surface area contributed by atoms with Crippen molar-refractivity contribution in [2.45, 2.75) is 38.8 Å². The van der Waals surface area contributed by atoms with Crippen LogP contribution in [-0.2, 0) is 10.0 Å². The minimum Gasteiger partial charge on any atom is -0.335 e. The summed E-state index contributed by atoms with van der Waals surface area (Å²) in [5, 5.41) is 5.87. The lowest BCUT2D eigenvalue weighted by atomic mass is 10.1. The van der Waals surface area contributed by atoms with Crippen LogP contribution in [0.25, 0.3) is 0 Å². The number of hydrogen-bond donors (Lipinski definition) is 2. The fourth-order valence-corrected chi connectivity index (χ4v) is 4.55. The molecule has 0 spiro atoms. The first-order valence-electron chi connectivity index (χ1n) is 8.12. The molecule has 6 nitrogen and oxygen atoms in total. The average Bonchev–Trinajstić information content (AvgIpc) is 2.55. The van der Waals surface area contributed by atoms with Crippen molar-refractivity contribution in [1.29, 1.82) is 0 Å². The topological polar surface area (TPSA) is 78.5 Å². The monoisotopic (exact) mass is 417 g/mol. The van der Waals surface area contributed by atoms with E-state index in [-0.39, 0.29) is 23.9 Å². The second kappa shape index (κ2) is 8.31. The summed E-state index contributed by atoms with van der Waals surface area (Å²) in [5.41, 5.74) is 1.01. The molecule has 0 aromatic heterocycles. The van der Waals surface area contributed by atoms with Crippen molar-refractivity contribution in [1.82, 2.24) is 14.9 Å². The van der Waals surface area contributed by atoms with Gasteiger partial charge in [0.15, 0.2) is 0 Å². The van der Waals surface area contributed by atoms with Gasteiger partial charge in [-0.2, -0.15) is 0 Å². The molecule has 0 unspecified atom stereocenters. The van der Waals surface area contributed by atoms with E-state index in [1.807, 2.05) is 31.2 Å². The zero-order chi connectivity index (χ0) is 17.7. The molecule has 1 aromatic carbocycles. The second-order valence-electron chi connectivity index (χ2n) is 5.93. The average molecular weight is 418 g/mol. The molecule has 1 heterocycles. The standard InChI is InChI=1S/C16H24BrN3O3S/c1-3-24(22,23)20-10-8-13(9-11-20)19-16(21)18-12(2)14-6-4-5-7-15(14)17/h4-7,12-13H,3,8-11H2,1-2H3,(H2,18,19,21)/t12-/m1/s1. The number of halogens is 1. The maximum absolute atomic E-state index is 12.2. The summed E-state index contributed by atoms with van der Waals surface area (Å²) in [5.74, 6) is 0.120. The van der Waals surface area contributed by atoms with Gasteiger partial charge in [0.25, 0.3) is 0 Å². The Morgan fingerprint density at radius 3 is 2.54 bits per heavy atom. The first-order valence-corrected chi connectivity index (χ1v) is 10.5. The maximum atomic E-state index is 12.2. The smallest absolute Gasteiger partial charge is 0.315 e. The van der Waals surface area contributed by atoms with Crippen molar-refractivity contribution in [3.63, 3.8) is 0 Å². The lowest BCUT2D eigenvalue weighted by Crippen LogP contribution is -2.49. The fourth-order valence-electron chi connectivity index (χ4n) is 2.79. The first kappa shape index (κ1) is 19.2. The van der Waals surface area contributed by atoms with Crippen LogP contribution < -0.4 is 10.6 Å². The van der Waals surface area contributed by atoms with Crippen LogP contribution in [0.15, 0.2) is 28.7 Å². The number of urea groups is 1. The molecule has 1 aliphatic heterocycles. The van der Waals surface area contributed by atoms with E-state index >= 15 is 0 Å². The van der Waals surface area contributed by atoms with Crippen molar-refractivity contribution in [2.24, 2.45) is 0 Å². The Balaban J connectivity index is 1.83. The van der Waals surface area contributed by atoms with Gasteiger partial charge in [-0.3, -0.25) is 0 Å². The summed E-state index contributed by atoms with van der Waals surface area (Å²) in [4.78, 5) is 12.2. The molecule has 1 saturated heterocycles. The lowest BCUT2D eigenvalue weighted by molar-refractivity contribution is 0.225. The molecule has 2 amide bonds. The van der Waals surface area contributed by atoms with Gasteiger partial charge >= 0.3 is 6.03 Å². The number of hydrogen-bond acceptors (Lipinski definition) is 3. The SMILES string of the molecule is CCS(=O)(=O)N1CCC(NC(=O)N[C@H](C)c2ccccc2Br)CC1. The van der Waals surface area contributed by atoms with E-state index in [0.717, 1.165) is 10.0 Å². The Labute approximate surface area is 152 Å². The summed E-state index contributed by atoms with van der Waals surface area (Å²) in [7, 11) is -3.13. The zero-order valence-corrected chi connectivity index (χ0v) is 16.4. The minimum absolute atomic E-state index is 0.000259. The van der Waals surface area contributed by atoms with Crippen LogP contribution in [-0.4, -0.2) is 43.6 Å². The molecule has 0 radical (unpaired) electrons. The van der Waals surface area contributed by atoms with Crippen molar-refractivity contribution >= 4 is 32.0 Å². The molecule has 8 heteroatoms. The van der Waals surface area contributed by atoms with Crippen LogP contribution in [0.1, 0.15) is 38.3 Å². The third-order valence-electron chi connectivity index (χ3n) is 4.27. The van der Waals surface area contributed by atoms with E-state index in [1.54, 1.807) is 6.92 Å². The Morgan fingerprint density at radius 2 is 1.96 bits per heavy atom. The van der Waals surface area contributed by atoms with E-state index in [0.29, 0.717) is 25.9 Å². The molecule has 1 aromatic rings. The van der Waals surface area contributed by atoms with Crippen molar-refractivity contribution in [2.75, 3.05) is 18.8 Å². The highest BCUT2D eigenvalue weighted by atomic mass is 79.9. The molecular weight excluding hydrogens is 394 g/mol. The van der Waals surface area contributed by atoms with Crippen LogP contribution in [0, 0.1) is 0 Å². The molecule has 1 atom stereocenters. The van der Waals surface area contributed by atoms with Crippen LogP contribution >= 0.6 is 15.9 Å². The van der Waals surface area contributed by atoms with E-state index < -0.39 is 10.0 Å². The normalized spacial score (nSPS) is 18.1. The Hall–Kier alpha value is -1.12. The Morgan fingerprint density at radius 1 is 1.33 bits per heavy atom. The van der Waals surface area contributed by atoms with Gasteiger partial charge in [0.2, 0.25) is 10.0 Å². The third kappa shape index (κ3) is 4.94. The molecule has 0 aliphatic carbocycles. The molecule has 0 bridgehead atoms. The number of amides is 2. The number of nitrogens with zero attached hydrogens (tertiary/aromatic N) is 1. The van der Waals surface area contributed by atoms with Gasteiger partial charge in [0.05, 0.1) is 11.8 Å². The van der Waals surface area contributed by atoms with Gasteiger partial charge < -0.3 is 10.6 Å². The van der Waals surface area contributed by atoms with E-state index in [1.165, 1.54) is 4.31 Å². The molecule has 0 saturated carbocycles.